The van der Waals surface area contributed by atoms with Crippen LogP contribution in [0.15, 0.2) is 18.2 Å². The Labute approximate surface area is 95.7 Å². The lowest BCUT2D eigenvalue weighted by Gasteiger charge is -2.11. The van der Waals surface area contributed by atoms with Gasteiger partial charge in [-0.3, -0.25) is 0 Å². The number of rotatable bonds is 5. The Morgan fingerprint density at radius 1 is 1.47 bits per heavy atom. The van der Waals surface area contributed by atoms with Gasteiger partial charge in [-0.25, -0.2) is 0 Å². The lowest BCUT2D eigenvalue weighted by molar-refractivity contribution is 0.199. The molecule has 84 valence electrons. The second-order valence-corrected chi connectivity index (χ2v) is 4.53. The average molecular weight is 226 g/mol. The molecule has 0 saturated carbocycles. The molecule has 1 aromatic rings. The van der Waals surface area contributed by atoms with Crippen LogP contribution in [0.3, 0.4) is 0 Å². The highest BCUT2D eigenvalue weighted by Gasteiger charge is 2.04. The van der Waals surface area contributed by atoms with E-state index in [2.05, 4.69) is 6.26 Å². The normalized spacial score (nSPS) is 12.5. The Morgan fingerprint density at radius 2 is 2.20 bits per heavy atom. The minimum atomic E-state index is -0.413. The van der Waals surface area contributed by atoms with Crippen molar-refractivity contribution in [1.29, 1.82) is 0 Å². The molecule has 0 radical (unpaired) electrons. The van der Waals surface area contributed by atoms with Gasteiger partial charge in [-0.1, -0.05) is 6.07 Å². The first-order valence-electron chi connectivity index (χ1n) is 5.05. The van der Waals surface area contributed by atoms with Crippen LogP contribution in [0.1, 0.15) is 24.2 Å². The number of aliphatic hydroxyl groups excluding tert-OH is 1. The molecule has 0 bridgehead atoms. The lowest BCUT2D eigenvalue weighted by atomic mass is 10.1. The van der Waals surface area contributed by atoms with Crippen molar-refractivity contribution < 1.29 is 9.84 Å². The highest BCUT2D eigenvalue weighted by molar-refractivity contribution is 7.98. The number of hydrogen-bond acceptors (Lipinski definition) is 3. The molecule has 1 rings (SSSR count). The maximum Gasteiger partial charge on any atom is 0.122 e. The van der Waals surface area contributed by atoms with Crippen molar-refractivity contribution in [2.24, 2.45) is 0 Å². The van der Waals surface area contributed by atoms with Crippen molar-refractivity contribution in [3.63, 3.8) is 0 Å². The van der Waals surface area contributed by atoms with Crippen molar-refractivity contribution in [1.82, 2.24) is 0 Å². The quantitative estimate of drug-likeness (QED) is 0.783. The Morgan fingerprint density at radius 3 is 2.73 bits per heavy atom. The lowest BCUT2D eigenvalue weighted by Crippen LogP contribution is -2.02. The SMILES string of the molecule is CSCCOc1ccc([C@@H](C)O)cc1C. The summed E-state index contributed by atoms with van der Waals surface area (Å²) in [5.41, 5.74) is 2.01. The van der Waals surface area contributed by atoms with Gasteiger partial charge in [0, 0.05) is 5.75 Å². The molecule has 0 spiro atoms. The zero-order valence-electron chi connectivity index (χ0n) is 9.49. The van der Waals surface area contributed by atoms with Crippen LogP contribution in [0.25, 0.3) is 0 Å². The number of thioether (sulfide) groups is 1. The fraction of sp³-hybridized carbons (Fsp3) is 0.500. The van der Waals surface area contributed by atoms with Crippen molar-refractivity contribution in [3.8, 4) is 5.75 Å². The molecular weight excluding hydrogens is 208 g/mol. The third-order valence-corrected chi connectivity index (χ3v) is 2.80. The molecule has 15 heavy (non-hydrogen) atoms. The highest BCUT2D eigenvalue weighted by atomic mass is 32.2. The molecule has 0 aromatic heterocycles. The minimum Gasteiger partial charge on any atom is -0.492 e. The largest absolute Gasteiger partial charge is 0.492 e. The summed E-state index contributed by atoms with van der Waals surface area (Å²) in [5, 5.41) is 9.41. The Hall–Kier alpha value is -0.670. The average Bonchev–Trinajstić information content (AvgIpc) is 2.20. The Bertz CT molecular complexity index is 310. The first kappa shape index (κ1) is 12.4. The van der Waals surface area contributed by atoms with Gasteiger partial charge in [0.2, 0.25) is 0 Å². The van der Waals surface area contributed by atoms with Crippen LogP contribution in [-0.2, 0) is 0 Å². The van der Waals surface area contributed by atoms with E-state index in [1.807, 2.05) is 25.1 Å². The van der Waals surface area contributed by atoms with Crippen molar-refractivity contribution >= 4 is 11.8 Å². The topological polar surface area (TPSA) is 29.5 Å². The van der Waals surface area contributed by atoms with Gasteiger partial charge in [0.05, 0.1) is 12.7 Å². The van der Waals surface area contributed by atoms with Crippen LogP contribution < -0.4 is 4.74 Å². The minimum absolute atomic E-state index is 0.413. The van der Waals surface area contributed by atoms with Gasteiger partial charge in [0.25, 0.3) is 0 Å². The van der Waals surface area contributed by atoms with Gasteiger partial charge in [-0.2, -0.15) is 11.8 Å². The monoisotopic (exact) mass is 226 g/mol. The van der Waals surface area contributed by atoms with Crippen LogP contribution >= 0.6 is 11.8 Å². The van der Waals surface area contributed by atoms with Gasteiger partial charge in [0.1, 0.15) is 5.75 Å². The van der Waals surface area contributed by atoms with E-state index in [1.54, 1.807) is 18.7 Å². The molecule has 2 nitrogen and oxygen atoms in total. The summed E-state index contributed by atoms with van der Waals surface area (Å²) >= 11 is 1.77. The molecule has 0 fully saturated rings. The molecule has 0 aliphatic rings. The fourth-order valence-electron chi connectivity index (χ4n) is 1.33. The molecule has 0 saturated heterocycles. The number of aliphatic hydroxyl groups is 1. The van der Waals surface area contributed by atoms with Gasteiger partial charge in [-0.05, 0) is 43.4 Å². The van der Waals surface area contributed by atoms with Crippen LogP contribution in [-0.4, -0.2) is 23.7 Å². The molecule has 1 atom stereocenters. The van der Waals surface area contributed by atoms with Crippen LogP contribution in [0.2, 0.25) is 0 Å². The first-order chi connectivity index (χ1) is 7.15. The van der Waals surface area contributed by atoms with Crippen molar-refractivity contribution in [2.45, 2.75) is 20.0 Å². The molecule has 1 aromatic carbocycles. The summed E-state index contributed by atoms with van der Waals surface area (Å²) in [4.78, 5) is 0. The summed E-state index contributed by atoms with van der Waals surface area (Å²) in [6.07, 6.45) is 1.65. The molecule has 0 aliphatic carbocycles. The van der Waals surface area contributed by atoms with E-state index in [4.69, 9.17) is 4.74 Å². The summed E-state index contributed by atoms with van der Waals surface area (Å²) in [6, 6.07) is 5.81. The van der Waals surface area contributed by atoms with E-state index in [0.717, 1.165) is 29.2 Å². The van der Waals surface area contributed by atoms with Gasteiger partial charge < -0.3 is 9.84 Å². The standard InChI is InChI=1S/C12H18O2S/c1-9-8-11(10(2)13)4-5-12(9)14-6-7-15-3/h4-5,8,10,13H,6-7H2,1-3H3/t10-/m1/s1. The smallest absolute Gasteiger partial charge is 0.122 e. The van der Waals surface area contributed by atoms with E-state index < -0.39 is 6.10 Å². The van der Waals surface area contributed by atoms with Gasteiger partial charge in [0.15, 0.2) is 0 Å². The fourth-order valence-corrected chi connectivity index (χ4v) is 1.58. The summed E-state index contributed by atoms with van der Waals surface area (Å²) in [6.45, 7) is 4.50. The van der Waals surface area contributed by atoms with Crippen molar-refractivity contribution in [2.75, 3.05) is 18.6 Å². The predicted molar refractivity (Wildman–Crippen MR) is 65.7 cm³/mol. The first-order valence-corrected chi connectivity index (χ1v) is 6.45. The molecule has 0 aliphatic heterocycles. The molecule has 1 N–H and O–H groups in total. The van der Waals surface area contributed by atoms with Gasteiger partial charge >= 0.3 is 0 Å². The van der Waals surface area contributed by atoms with Crippen LogP contribution in [0, 0.1) is 6.92 Å². The maximum absolute atomic E-state index is 9.41. The molecular formula is C12H18O2S. The number of ether oxygens (including phenoxy) is 1. The Balaban J connectivity index is 2.66. The number of aryl methyl sites for hydroxylation is 1. The second-order valence-electron chi connectivity index (χ2n) is 3.54. The van der Waals surface area contributed by atoms with Crippen LogP contribution in [0.4, 0.5) is 0 Å². The zero-order valence-corrected chi connectivity index (χ0v) is 10.3. The summed E-state index contributed by atoms with van der Waals surface area (Å²) < 4.78 is 5.61. The second kappa shape index (κ2) is 6.03. The number of hydrogen-bond donors (Lipinski definition) is 1. The zero-order chi connectivity index (χ0) is 11.3. The molecule has 0 unspecified atom stereocenters. The van der Waals surface area contributed by atoms with Gasteiger partial charge in [-0.15, -0.1) is 0 Å². The third kappa shape index (κ3) is 3.76. The molecule has 0 heterocycles. The summed E-state index contributed by atoms with van der Waals surface area (Å²) in [7, 11) is 0. The van der Waals surface area contributed by atoms with Crippen molar-refractivity contribution in [3.05, 3.63) is 29.3 Å². The molecule has 3 heteroatoms. The number of benzene rings is 1. The van der Waals surface area contributed by atoms with E-state index in [-0.39, 0.29) is 0 Å². The molecule has 0 amide bonds. The van der Waals surface area contributed by atoms with E-state index >= 15 is 0 Å². The Kier molecular flexibility index (Phi) is 4.99. The van der Waals surface area contributed by atoms with E-state index in [0.29, 0.717) is 0 Å². The van der Waals surface area contributed by atoms with E-state index in [9.17, 15) is 5.11 Å². The van der Waals surface area contributed by atoms with E-state index in [1.165, 1.54) is 0 Å². The predicted octanol–water partition coefficient (Wildman–Crippen LogP) is 2.79. The van der Waals surface area contributed by atoms with Crippen LogP contribution in [0.5, 0.6) is 5.75 Å². The summed E-state index contributed by atoms with van der Waals surface area (Å²) in [5.74, 6) is 1.91. The highest BCUT2D eigenvalue weighted by Crippen LogP contribution is 2.22. The third-order valence-electron chi connectivity index (χ3n) is 2.23. The maximum atomic E-state index is 9.41.